The lowest BCUT2D eigenvalue weighted by Crippen LogP contribution is -2.57. The van der Waals surface area contributed by atoms with Crippen molar-refractivity contribution in [3.8, 4) is 33.4 Å². The van der Waals surface area contributed by atoms with Crippen molar-refractivity contribution < 1.29 is 12.8 Å². The van der Waals surface area contributed by atoms with Crippen LogP contribution in [-0.2, 0) is 15.3 Å². The van der Waals surface area contributed by atoms with Gasteiger partial charge in [-0.25, -0.2) is 8.42 Å². The largest absolute Gasteiger partial charge is 0.456 e. The van der Waals surface area contributed by atoms with Crippen LogP contribution in [-0.4, -0.2) is 8.42 Å². The molecule has 4 aliphatic carbocycles. The Morgan fingerprint density at radius 3 is 1.57 bits per heavy atom. The molecule has 5 heteroatoms. The molecule has 1 aromatic heterocycles. The molecule has 0 atom stereocenters. The van der Waals surface area contributed by atoms with Gasteiger partial charge in [-0.1, -0.05) is 121 Å². The van der Waals surface area contributed by atoms with Crippen LogP contribution in [0.1, 0.15) is 43.2 Å². The van der Waals surface area contributed by atoms with Gasteiger partial charge in [0.25, 0.3) is 0 Å². The summed E-state index contributed by atoms with van der Waals surface area (Å²) in [4.78, 5) is 3.31. The van der Waals surface area contributed by atoms with E-state index in [0.29, 0.717) is 21.6 Å². The molecule has 0 N–H and O–H groups in total. The van der Waals surface area contributed by atoms with E-state index in [2.05, 4.69) is 150 Å². The summed E-state index contributed by atoms with van der Waals surface area (Å²) in [5.74, 6) is 2.32. The van der Waals surface area contributed by atoms with Gasteiger partial charge in [0.2, 0.25) is 9.84 Å². The van der Waals surface area contributed by atoms with Gasteiger partial charge in [0.05, 0.1) is 9.79 Å². The fraction of sp³-hybridized carbons (Fsp3) is 0.172. The van der Waals surface area contributed by atoms with Crippen molar-refractivity contribution in [3.05, 3.63) is 199 Å². The number of benzene rings is 8. The smallest absolute Gasteiger partial charge is 0.207 e. The van der Waals surface area contributed by atoms with E-state index >= 15 is 0 Å². The molecule has 306 valence electrons. The van der Waals surface area contributed by atoms with Gasteiger partial charge in [0.15, 0.2) is 0 Å². The molecule has 1 aliphatic heterocycles. The minimum Gasteiger partial charge on any atom is -0.456 e. The van der Waals surface area contributed by atoms with E-state index in [0.717, 1.165) is 84.2 Å². The van der Waals surface area contributed by atoms with Gasteiger partial charge in [-0.2, -0.15) is 0 Å². The third kappa shape index (κ3) is 5.62. The number of fused-ring (bicyclic) bond motifs is 5. The maximum Gasteiger partial charge on any atom is 0.207 e. The van der Waals surface area contributed by atoms with Gasteiger partial charge in [-0.3, -0.25) is 0 Å². The Balaban J connectivity index is 0.940. The molecule has 4 saturated carbocycles. The summed E-state index contributed by atoms with van der Waals surface area (Å²) in [5, 5.41) is 2.23. The molecule has 8 aromatic carbocycles. The highest BCUT2D eigenvalue weighted by atomic mass is 32.2. The highest BCUT2D eigenvalue weighted by Gasteiger charge is 2.62. The first kappa shape index (κ1) is 36.9. The first-order chi connectivity index (χ1) is 30.9. The lowest BCUT2D eigenvalue weighted by atomic mass is 9.42. The maximum atomic E-state index is 14.7. The molecule has 0 saturated heterocycles. The monoisotopic (exact) mass is 835 g/mol. The van der Waals surface area contributed by atoms with Gasteiger partial charge >= 0.3 is 0 Å². The topological polar surface area (TPSA) is 50.5 Å². The fourth-order valence-corrected chi connectivity index (χ4v) is 14.6. The van der Waals surface area contributed by atoms with E-state index in [1.807, 2.05) is 42.5 Å². The van der Waals surface area contributed by atoms with Crippen molar-refractivity contribution in [2.24, 2.45) is 23.7 Å². The van der Waals surface area contributed by atoms with Crippen molar-refractivity contribution in [2.75, 3.05) is 4.90 Å². The molecule has 9 aromatic rings. The quantitative estimate of drug-likeness (QED) is 0.167. The highest BCUT2D eigenvalue weighted by molar-refractivity contribution is 7.91. The summed E-state index contributed by atoms with van der Waals surface area (Å²) in [6.45, 7) is 0. The molecule has 5 aliphatic rings. The lowest BCUT2D eigenvalue weighted by molar-refractivity contribution is -0.0446. The van der Waals surface area contributed by atoms with Crippen LogP contribution >= 0.6 is 0 Å². The molecule has 63 heavy (non-hydrogen) atoms. The van der Waals surface area contributed by atoms with E-state index in [1.165, 1.54) is 43.2 Å². The van der Waals surface area contributed by atoms with Crippen LogP contribution in [0.15, 0.2) is 202 Å². The number of anilines is 3. The molecule has 4 bridgehead atoms. The predicted molar refractivity (Wildman–Crippen MR) is 254 cm³/mol. The summed E-state index contributed by atoms with van der Waals surface area (Å²) >= 11 is 0. The van der Waals surface area contributed by atoms with E-state index in [1.54, 1.807) is 0 Å². The zero-order valence-corrected chi connectivity index (χ0v) is 35.6. The summed E-state index contributed by atoms with van der Waals surface area (Å²) in [6, 6.07) is 65.7. The average molecular weight is 836 g/mol. The number of para-hydroxylation sites is 1. The van der Waals surface area contributed by atoms with Crippen LogP contribution < -0.4 is 4.90 Å². The Hall–Kier alpha value is -6.69. The molecule has 0 radical (unpaired) electrons. The van der Waals surface area contributed by atoms with Gasteiger partial charge in [0, 0.05) is 33.2 Å². The summed E-state index contributed by atoms with van der Waals surface area (Å²) in [7, 11) is -3.73. The Morgan fingerprint density at radius 2 is 0.905 bits per heavy atom. The molecule has 4 fully saturated rings. The summed E-state index contributed by atoms with van der Waals surface area (Å²) in [5.41, 5.74) is 13.3. The third-order valence-corrected chi connectivity index (χ3v) is 17.2. The van der Waals surface area contributed by atoms with Crippen LogP contribution in [0.5, 0.6) is 0 Å². The molecule has 2 heterocycles. The molecule has 14 rings (SSSR count). The van der Waals surface area contributed by atoms with E-state index in [4.69, 9.17) is 4.42 Å². The molecule has 0 unspecified atom stereocenters. The second-order valence-corrected chi connectivity index (χ2v) is 20.4. The zero-order valence-electron chi connectivity index (χ0n) is 34.8. The number of hydrogen-bond acceptors (Lipinski definition) is 4. The fourth-order valence-electron chi connectivity index (χ4n) is 12.8. The minimum atomic E-state index is -3.73. The van der Waals surface area contributed by atoms with E-state index < -0.39 is 9.84 Å². The average Bonchev–Trinajstić information content (AvgIpc) is 3.70. The predicted octanol–water partition coefficient (Wildman–Crippen LogP) is 14.9. The number of hydrogen-bond donors (Lipinski definition) is 0. The first-order valence-electron chi connectivity index (χ1n) is 22.5. The number of furan rings is 1. The Kier molecular flexibility index (Phi) is 8.15. The van der Waals surface area contributed by atoms with Crippen LogP contribution in [0, 0.1) is 23.7 Å². The van der Waals surface area contributed by atoms with Crippen molar-refractivity contribution in [1.82, 2.24) is 0 Å². The molecule has 0 amide bonds. The highest BCUT2D eigenvalue weighted by Crippen LogP contribution is 2.68. The zero-order chi connectivity index (χ0) is 41.9. The lowest BCUT2D eigenvalue weighted by Gasteiger charge is -2.63. The standard InChI is InChI=1S/C58H45NO3S/c60-63(61)56-13-7-5-11-52(56)58(45-31-37-30-38(33-45)34-46(58)32-37)53-36-49(27-29-57(53)63)59(47-23-18-42(19-24-47)41-16-14-40(15-17-41)39-8-2-1-3-9-39)48-25-20-43(21-26-48)44-22-28-51-50-10-4-6-12-54(50)62-55(51)35-44/h1-29,35-38,45-46H,30-34H2. The number of sulfone groups is 1. The Morgan fingerprint density at radius 1 is 0.413 bits per heavy atom. The van der Waals surface area contributed by atoms with Crippen LogP contribution in [0.25, 0.3) is 55.3 Å². The minimum absolute atomic E-state index is 0.332. The Bertz CT molecular complexity index is 3320. The van der Waals surface area contributed by atoms with Crippen LogP contribution in [0.4, 0.5) is 17.1 Å². The number of nitrogens with zero attached hydrogens (tertiary/aromatic N) is 1. The van der Waals surface area contributed by atoms with Crippen molar-refractivity contribution in [1.29, 1.82) is 0 Å². The van der Waals surface area contributed by atoms with Crippen LogP contribution in [0.2, 0.25) is 0 Å². The van der Waals surface area contributed by atoms with Gasteiger partial charge < -0.3 is 9.32 Å². The molecule has 4 nitrogen and oxygen atoms in total. The Labute approximate surface area is 368 Å². The second kappa shape index (κ2) is 13.9. The second-order valence-electron chi connectivity index (χ2n) is 18.5. The van der Waals surface area contributed by atoms with E-state index in [-0.39, 0.29) is 5.41 Å². The SMILES string of the molecule is O=S1(=O)c2ccccc2C2(c3cc(N(c4ccc(-c5ccc(-c6ccccc6)cc5)cc4)c4ccc(-c5ccc6c(c5)oc5ccccc56)cc4)ccc31)C1CC3CC(C1)CC2C3. The molecular formula is C58H45NO3S. The van der Waals surface area contributed by atoms with E-state index in [9.17, 15) is 8.42 Å². The summed E-state index contributed by atoms with van der Waals surface area (Å²) < 4.78 is 35.7. The normalized spacial score (nSPS) is 22.6. The van der Waals surface area contributed by atoms with Gasteiger partial charge in [-0.05, 0) is 167 Å². The first-order valence-corrected chi connectivity index (χ1v) is 24.0. The van der Waals surface area contributed by atoms with Gasteiger partial charge in [0.1, 0.15) is 11.2 Å². The van der Waals surface area contributed by atoms with Gasteiger partial charge in [-0.15, -0.1) is 0 Å². The van der Waals surface area contributed by atoms with Crippen molar-refractivity contribution in [3.63, 3.8) is 0 Å². The van der Waals surface area contributed by atoms with Crippen LogP contribution in [0.3, 0.4) is 0 Å². The summed E-state index contributed by atoms with van der Waals surface area (Å²) in [6.07, 6.45) is 6.01. The molecule has 1 spiro atoms. The van der Waals surface area contributed by atoms with Crippen molar-refractivity contribution >= 4 is 48.8 Å². The third-order valence-electron chi connectivity index (χ3n) is 15.3. The molecular weight excluding hydrogens is 791 g/mol. The van der Waals surface area contributed by atoms with Crippen molar-refractivity contribution in [2.45, 2.75) is 47.3 Å². The maximum absolute atomic E-state index is 14.7. The number of rotatable bonds is 6.